The van der Waals surface area contributed by atoms with E-state index < -0.39 is 29.9 Å². The van der Waals surface area contributed by atoms with Crippen LogP contribution in [0.2, 0.25) is 5.28 Å². The number of ether oxygens (including phenoxy) is 1. The second-order valence-electron chi connectivity index (χ2n) is 7.24. The molecule has 0 aliphatic rings. The molecule has 1 atom stereocenters. The smallest absolute Gasteiger partial charge is 0.413 e. The molecule has 12 nitrogen and oxygen atoms in total. The maximum Gasteiger partial charge on any atom is 0.413 e. The number of nitrogens with one attached hydrogen (secondary N) is 2. The third-order valence-electron chi connectivity index (χ3n) is 4.75. The van der Waals surface area contributed by atoms with Crippen LogP contribution in [0.15, 0.2) is 43.0 Å². The Bertz CT molecular complexity index is 1420. The van der Waals surface area contributed by atoms with Crippen LogP contribution in [-0.4, -0.2) is 46.9 Å². The predicted octanol–water partition coefficient (Wildman–Crippen LogP) is 3.56. The van der Waals surface area contributed by atoms with Crippen molar-refractivity contribution in [2.75, 3.05) is 10.6 Å². The Morgan fingerprint density at radius 1 is 1.06 bits per heavy atom. The van der Waals surface area contributed by atoms with Crippen molar-refractivity contribution in [3.63, 3.8) is 0 Å². The molecule has 2 amide bonds. The molecule has 4 aromatic heterocycles. The van der Waals surface area contributed by atoms with Gasteiger partial charge in [0.15, 0.2) is 11.5 Å². The molecule has 4 rings (SSSR count). The standard InChI is InChI=1S/C21H16ClF2N9O3/c1-10(14-5-12(23)8-26-17(14)24)36-21(35)30-18-16(31-32-33(18)2)15-4-3-13(9-25-15)29-19(34)11-6-27-20(22)28-7-11/h3-10H,1-2H3,(H,29,34)(H,30,35)/t10-/m1/s1. The lowest BCUT2D eigenvalue weighted by molar-refractivity contribution is 0.102. The molecule has 0 unspecified atom stereocenters. The van der Waals surface area contributed by atoms with Gasteiger partial charge in [0.25, 0.3) is 5.91 Å². The Balaban J connectivity index is 1.45. The van der Waals surface area contributed by atoms with Gasteiger partial charge in [-0.25, -0.2) is 28.8 Å². The Labute approximate surface area is 206 Å². The van der Waals surface area contributed by atoms with E-state index in [1.54, 1.807) is 12.1 Å². The van der Waals surface area contributed by atoms with Gasteiger partial charge >= 0.3 is 6.09 Å². The van der Waals surface area contributed by atoms with Gasteiger partial charge in [-0.3, -0.25) is 15.1 Å². The Hall–Kier alpha value is -4.59. The molecule has 0 aliphatic carbocycles. The molecular formula is C21H16ClF2N9O3. The average molecular weight is 516 g/mol. The van der Waals surface area contributed by atoms with Crippen LogP contribution in [0.4, 0.5) is 25.1 Å². The van der Waals surface area contributed by atoms with Gasteiger partial charge in [-0.15, -0.1) is 5.10 Å². The van der Waals surface area contributed by atoms with Crippen molar-refractivity contribution in [3.05, 3.63) is 71.2 Å². The summed E-state index contributed by atoms with van der Waals surface area (Å²) in [5.41, 5.74) is 0.865. The summed E-state index contributed by atoms with van der Waals surface area (Å²) in [5, 5.41) is 13.0. The number of nitrogens with zero attached hydrogens (tertiary/aromatic N) is 7. The van der Waals surface area contributed by atoms with Gasteiger partial charge in [0, 0.05) is 19.4 Å². The first kappa shape index (κ1) is 24.5. The first-order chi connectivity index (χ1) is 17.2. The van der Waals surface area contributed by atoms with Crippen LogP contribution in [0.5, 0.6) is 0 Å². The quantitative estimate of drug-likeness (QED) is 0.290. The molecule has 184 valence electrons. The van der Waals surface area contributed by atoms with Crippen LogP contribution in [0, 0.1) is 11.8 Å². The molecule has 15 heteroatoms. The summed E-state index contributed by atoms with van der Waals surface area (Å²) in [6, 6.07) is 4.00. The maximum atomic E-state index is 13.9. The van der Waals surface area contributed by atoms with Crippen LogP contribution >= 0.6 is 11.6 Å². The van der Waals surface area contributed by atoms with E-state index in [1.165, 1.54) is 37.2 Å². The molecule has 0 radical (unpaired) electrons. The lowest BCUT2D eigenvalue weighted by atomic mass is 10.2. The van der Waals surface area contributed by atoms with Crippen molar-refractivity contribution in [2.24, 2.45) is 7.05 Å². The van der Waals surface area contributed by atoms with Crippen molar-refractivity contribution < 1.29 is 23.1 Å². The normalized spacial score (nSPS) is 11.6. The number of pyridine rings is 2. The van der Waals surface area contributed by atoms with Crippen molar-refractivity contribution in [1.29, 1.82) is 0 Å². The van der Waals surface area contributed by atoms with Gasteiger partial charge in [0.2, 0.25) is 11.2 Å². The van der Waals surface area contributed by atoms with Crippen LogP contribution < -0.4 is 10.6 Å². The molecule has 0 bridgehead atoms. The molecule has 0 saturated heterocycles. The molecule has 4 aromatic rings. The molecule has 0 aromatic carbocycles. The highest BCUT2D eigenvalue weighted by molar-refractivity contribution is 6.28. The minimum Gasteiger partial charge on any atom is -0.441 e. The second kappa shape index (κ2) is 10.4. The summed E-state index contributed by atoms with van der Waals surface area (Å²) >= 11 is 5.62. The van der Waals surface area contributed by atoms with Gasteiger partial charge in [-0.05, 0) is 36.7 Å². The number of amides is 2. The molecular weight excluding hydrogens is 500 g/mol. The first-order valence-electron chi connectivity index (χ1n) is 10.1. The van der Waals surface area contributed by atoms with Gasteiger partial charge in [0.05, 0.1) is 34.9 Å². The predicted molar refractivity (Wildman–Crippen MR) is 122 cm³/mol. The van der Waals surface area contributed by atoms with Crippen LogP contribution in [0.3, 0.4) is 0 Å². The minimum absolute atomic E-state index is 0.0161. The number of aromatic nitrogens is 7. The number of rotatable bonds is 6. The van der Waals surface area contributed by atoms with Gasteiger partial charge < -0.3 is 10.1 Å². The number of carbonyl (C=O) groups is 2. The topological polar surface area (TPSA) is 150 Å². The summed E-state index contributed by atoms with van der Waals surface area (Å²) < 4.78 is 33.7. The van der Waals surface area contributed by atoms with Crippen LogP contribution in [0.1, 0.15) is 28.9 Å². The minimum atomic E-state index is -1.13. The van der Waals surface area contributed by atoms with E-state index in [2.05, 4.69) is 40.9 Å². The highest BCUT2D eigenvalue weighted by atomic mass is 35.5. The van der Waals surface area contributed by atoms with Gasteiger partial charge in [-0.2, -0.15) is 4.39 Å². The Morgan fingerprint density at radius 2 is 1.81 bits per heavy atom. The molecule has 0 saturated carbocycles. The summed E-state index contributed by atoms with van der Waals surface area (Å²) in [6.45, 7) is 1.37. The van der Waals surface area contributed by atoms with Crippen molar-refractivity contribution in [2.45, 2.75) is 13.0 Å². The number of hydrogen-bond donors (Lipinski definition) is 2. The number of aryl methyl sites for hydroxylation is 1. The molecule has 0 aliphatic heterocycles. The molecule has 2 N–H and O–H groups in total. The third kappa shape index (κ3) is 5.55. The zero-order valence-corrected chi connectivity index (χ0v) is 19.4. The SMILES string of the molecule is C[C@@H](OC(=O)Nc1c(-c2ccc(NC(=O)c3cnc(Cl)nc3)cn2)nnn1C)c1cc(F)cnc1F. The van der Waals surface area contributed by atoms with Crippen LogP contribution in [0.25, 0.3) is 11.4 Å². The molecule has 0 spiro atoms. The lowest BCUT2D eigenvalue weighted by Gasteiger charge is -2.15. The second-order valence-corrected chi connectivity index (χ2v) is 7.58. The Kier molecular flexibility index (Phi) is 7.05. The first-order valence-corrected chi connectivity index (χ1v) is 10.5. The van der Waals surface area contributed by atoms with Crippen LogP contribution in [-0.2, 0) is 11.8 Å². The van der Waals surface area contributed by atoms with E-state index in [0.717, 1.165) is 12.3 Å². The number of carbonyl (C=O) groups excluding carboxylic acids is 2. The number of anilines is 2. The summed E-state index contributed by atoms with van der Waals surface area (Å²) in [7, 11) is 1.52. The zero-order chi connectivity index (χ0) is 25.8. The molecule has 36 heavy (non-hydrogen) atoms. The number of hydrogen-bond acceptors (Lipinski definition) is 9. The third-order valence-corrected chi connectivity index (χ3v) is 4.94. The highest BCUT2D eigenvalue weighted by Crippen LogP contribution is 2.26. The average Bonchev–Trinajstić information content (AvgIpc) is 3.21. The van der Waals surface area contributed by atoms with E-state index in [4.69, 9.17) is 16.3 Å². The highest BCUT2D eigenvalue weighted by Gasteiger charge is 2.21. The van der Waals surface area contributed by atoms with Crippen molar-refractivity contribution >= 4 is 35.1 Å². The fourth-order valence-electron chi connectivity index (χ4n) is 2.98. The molecule has 4 heterocycles. The zero-order valence-electron chi connectivity index (χ0n) is 18.6. The van der Waals surface area contributed by atoms with Crippen molar-refractivity contribution in [3.8, 4) is 11.4 Å². The van der Waals surface area contributed by atoms with Crippen molar-refractivity contribution in [1.82, 2.24) is 34.9 Å². The molecule has 0 fully saturated rings. The van der Waals surface area contributed by atoms with Gasteiger partial charge in [0.1, 0.15) is 11.9 Å². The number of halogens is 3. The van der Waals surface area contributed by atoms with E-state index in [9.17, 15) is 18.4 Å². The summed E-state index contributed by atoms with van der Waals surface area (Å²) in [6.07, 6.45) is 2.56. The maximum absolute atomic E-state index is 13.9. The fourth-order valence-corrected chi connectivity index (χ4v) is 3.08. The summed E-state index contributed by atoms with van der Waals surface area (Å²) in [4.78, 5) is 39.7. The monoisotopic (exact) mass is 515 g/mol. The lowest BCUT2D eigenvalue weighted by Crippen LogP contribution is -2.19. The van der Waals surface area contributed by atoms with E-state index in [1.807, 2.05) is 0 Å². The summed E-state index contributed by atoms with van der Waals surface area (Å²) in [5.74, 6) is -2.07. The largest absolute Gasteiger partial charge is 0.441 e. The van der Waals surface area contributed by atoms with Gasteiger partial charge in [-0.1, -0.05) is 5.21 Å². The van der Waals surface area contributed by atoms with E-state index in [-0.39, 0.29) is 27.9 Å². The van der Waals surface area contributed by atoms with E-state index in [0.29, 0.717) is 11.4 Å². The fraction of sp³-hybridized carbons (Fsp3) is 0.143. The Morgan fingerprint density at radius 3 is 2.50 bits per heavy atom. The van der Waals surface area contributed by atoms with E-state index >= 15 is 0 Å².